The van der Waals surface area contributed by atoms with Gasteiger partial charge >= 0.3 is 5.97 Å². The number of carboxylic acid groups (broad SMARTS) is 1. The number of nitrogens with one attached hydrogen (secondary N) is 1. The summed E-state index contributed by atoms with van der Waals surface area (Å²) in [7, 11) is 1.97. The molecule has 0 saturated heterocycles. The zero-order valence-electron chi connectivity index (χ0n) is 11.3. The van der Waals surface area contributed by atoms with Gasteiger partial charge in [0.15, 0.2) is 0 Å². The van der Waals surface area contributed by atoms with Crippen molar-refractivity contribution in [3.63, 3.8) is 0 Å². The number of hydrogen-bond donors (Lipinski definition) is 2. The van der Waals surface area contributed by atoms with Crippen molar-refractivity contribution in [1.82, 2.24) is 5.32 Å². The number of rotatable bonds is 8. The number of aliphatic carboxylic acids is 1. The highest BCUT2D eigenvalue weighted by atomic mass is 16.4. The molecule has 1 aromatic carbocycles. The fraction of sp³-hybridized carbons (Fsp3) is 0.533. The van der Waals surface area contributed by atoms with Crippen LogP contribution in [0.25, 0.3) is 0 Å². The summed E-state index contributed by atoms with van der Waals surface area (Å²) in [6, 6.07) is 9.13. The maximum Gasteiger partial charge on any atom is 0.303 e. The summed E-state index contributed by atoms with van der Waals surface area (Å²) in [6.07, 6.45) is 3.98. The van der Waals surface area contributed by atoms with Gasteiger partial charge in [0.2, 0.25) is 0 Å². The van der Waals surface area contributed by atoms with Crippen LogP contribution in [0.3, 0.4) is 0 Å². The predicted octanol–water partition coefficient (Wildman–Crippen LogP) is 2.63. The molecule has 18 heavy (non-hydrogen) atoms. The summed E-state index contributed by atoms with van der Waals surface area (Å²) in [5.74, 6) is -0.702. The van der Waals surface area contributed by atoms with E-state index in [0.29, 0.717) is 6.04 Å². The Balaban J connectivity index is 2.33. The monoisotopic (exact) mass is 249 g/mol. The third kappa shape index (κ3) is 5.82. The first-order valence-corrected chi connectivity index (χ1v) is 6.58. The van der Waals surface area contributed by atoms with Gasteiger partial charge < -0.3 is 10.4 Å². The molecule has 1 rings (SSSR count). The molecule has 0 bridgehead atoms. The molecule has 2 N–H and O–H groups in total. The summed E-state index contributed by atoms with van der Waals surface area (Å²) in [5.41, 5.74) is 2.63. The van der Waals surface area contributed by atoms with Crippen molar-refractivity contribution in [2.75, 3.05) is 7.05 Å². The Morgan fingerprint density at radius 2 is 1.83 bits per heavy atom. The number of carboxylic acids is 1. The van der Waals surface area contributed by atoms with Crippen molar-refractivity contribution in [3.05, 3.63) is 35.4 Å². The zero-order valence-corrected chi connectivity index (χ0v) is 11.3. The van der Waals surface area contributed by atoms with Crippen LogP contribution in [0.5, 0.6) is 0 Å². The van der Waals surface area contributed by atoms with Crippen LogP contribution in [0.15, 0.2) is 24.3 Å². The average Bonchev–Trinajstić information content (AvgIpc) is 2.36. The van der Waals surface area contributed by atoms with Crippen LogP contribution in [0.1, 0.15) is 37.3 Å². The molecule has 1 unspecified atom stereocenters. The summed E-state index contributed by atoms with van der Waals surface area (Å²) in [4.78, 5) is 10.4. The van der Waals surface area contributed by atoms with Gasteiger partial charge in [-0.15, -0.1) is 0 Å². The van der Waals surface area contributed by atoms with E-state index < -0.39 is 5.97 Å². The molecule has 0 spiro atoms. The maximum absolute atomic E-state index is 10.4. The van der Waals surface area contributed by atoms with Gasteiger partial charge in [0.25, 0.3) is 0 Å². The van der Waals surface area contributed by atoms with Gasteiger partial charge in [-0.2, -0.15) is 0 Å². The predicted molar refractivity (Wildman–Crippen MR) is 73.9 cm³/mol. The van der Waals surface area contributed by atoms with Gasteiger partial charge in [-0.3, -0.25) is 4.79 Å². The smallest absolute Gasteiger partial charge is 0.303 e. The van der Waals surface area contributed by atoms with Crippen LogP contribution in [-0.4, -0.2) is 24.2 Å². The largest absolute Gasteiger partial charge is 0.481 e. The van der Waals surface area contributed by atoms with E-state index in [1.54, 1.807) is 0 Å². The molecule has 0 aliphatic carbocycles. The molecule has 0 amide bonds. The average molecular weight is 249 g/mol. The van der Waals surface area contributed by atoms with Crippen LogP contribution in [-0.2, 0) is 17.6 Å². The third-order valence-electron chi connectivity index (χ3n) is 3.16. The van der Waals surface area contributed by atoms with Gasteiger partial charge in [0, 0.05) is 12.5 Å². The van der Waals surface area contributed by atoms with E-state index in [-0.39, 0.29) is 6.42 Å². The minimum Gasteiger partial charge on any atom is -0.481 e. The van der Waals surface area contributed by atoms with Gasteiger partial charge in [0.05, 0.1) is 0 Å². The summed E-state index contributed by atoms with van der Waals surface area (Å²) < 4.78 is 0. The van der Waals surface area contributed by atoms with Crippen LogP contribution >= 0.6 is 0 Å². The lowest BCUT2D eigenvalue weighted by atomic mass is 10.0. The Labute approximate surface area is 109 Å². The Bertz CT molecular complexity index is 359. The number of unbranched alkanes of at least 4 members (excludes halogenated alkanes) is 1. The third-order valence-corrected chi connectivity index (χ3v) is 3.16. The van der Waals surface area contributed by atoms with Crippen molar-refractivity contribution < 1.29 is 9.90 Å². The highest BCUT2D eigenvalue weighted by molar-refractivity contribution is 5.66. The summed E-state index contributed by atoms with van der Waals surface area (Å²) in [6.45, 7) is 2.17. The molecular weight excluding hydrogens is 226 g/mol. The fourth-order valence-corrected chi connectivity index (χ4v) is 1.90. The molecule has 0 aliphatic heterocycles. The van der Waals surface area contributed by atoms with Crippen LogP contribution in [0, 0.1) is 0 Å². The topological polar surface area (TPSA) is 49.3 Å². The minimum atomic E-state index is -0.702. The lowest BCUT2D eigenvalue weighted by Gasteiger charge is -2.10. The second-order valence-corrected chi connectivity index (χ2v) is 4.81. The van der Waals surface area contributed by atoms with Crippen LogP contribution in [0.4, 0.5) is 0 Å². The quantitative estimate of drug-likeness (QED) is 0.696. The number of carbonyl (C=O) groups is 1. The molecule has 1 atom stereocenters. The molecule has 3 heteroatoms. The molecule has 0 aromatic heterocycles. The number of likely N-dealkylation sites (N-methyl/N-ethyl adjacent to an activating group) is 1. The Morgan fingerprint density at radius 3 is 2.39 bits per heavy atom. The SMILES string of the molecule is CNC(C)Cc1ccc(CCCCC(=O)O)cc1. The highest BCUT2D eigenvalue weighted by Crippen LogP contribution is 2.10. The molecule has 100 valence electrons. The van der Waals surface area contributed by atoms with E-state index in [1.807, 2.05) is 7.05 Å². The fourth-order valence-electron chi connectivity index (χ4n) is 1.90. The van der Waals surface area contributed by atoms with Crippen molar-refractivity contribution in [2.24, 2.45) is 0 Å². The summed E-state index contributed by atoms with van der Waals surface area (Å²) in [5, 5.41) is 11.8. The zero-order chi connectivity index (χ0) is 13.4. The van der Waals surface area contributed by atoms with Crippen molar-refractivity contribution in [2.45, 2.75) is 45.1 Å². The van der Waals surface area contributed by atoms with Crippen molar-refractivity contribution in [1.29, 1.82) is 0 Å². The van der Waals surface area contributed by atoms with E-state index in [9.17, 15) is 4.79 Å². The van der Waals surface area contributed by atoms with Crippen LogP contribution in [0.2, 0.25) is 0 Å². The van der Waals surface area contributed by atoms with Gasteiger partial charge in [-0.1, -0.05) is 24.3 Å². The molecule has 0 radical (unpaired) electrons. The normalized spacial score (nSPS) is 12.3. The van der Waals surface area contributed by atoms with Crippen LogP contribution < -0.4 is 5.32 Å². The van der Waals surface area contributed by atoms with E-state index in [1.165, 1.54) is 11.1 Å². The van der Waals surface area contributed by atoms with E-state index in [2.05, 4.69) is 36.5 Å². The second kappa shape index (κ2) is 7.88. The Hall–Kier alpha value is -1.35. The second-order valence-electron chi connectivity index (χ2n) is 4.81. The van der Waals surface area contributed by atoms with E-state index in [4.69, 9.17) is 5.11 Å². The highest BCUT2D eigenvalue weighted by Gasteiger charge is 2.01. The molecule has 0 fully saturated rings. The first-order chi connectivity index (χ1) is 8.61. The van der Waals surface area contributed by atoms with Gasteiger partial charge in [-0.25, -0.2) is 0 Å². The molecule has 0 saturated carbocycles. The first-order valence-electron chi connectivity index (χ1n) is 6.58. The number of aryl methyl sites for hydroxylation is 1. The number of hydrogen-bond acceptors (Lipinski definition) is 2. The van der Waals surface area contributed by atoms with Gasteiger partial charge in [-0.05, 0) is 50.8 Å². The lowest BCUT2D eigenvalue weighted by molar-refractivity contribution is -0.137. The summed E-state index contributed by atoms with van der Waals surface area (Å²) >= 11 is 0. The van der Waals surface area contributed by atoms with Gasteiger partial charge in [0.1, 0.15) is 0 Å². The number of benzene rings is 1. The maximum atomic E-state index is 10.4. The molecule has 0 aliphatic rings. The van der Waals surface area contributed by atoms with E-state index >= 15 is 0 Å². The van der Waals surface area contributed by atoms with E-state index in [0.717, 1.165) is 25.7 Å². The minimum absolute atomic E-state index is 0.276. The molecular formula is C15H23NO2. The Morgan fingerprint density at radius 1 is 1.22 bits per heavy atom. The van der Waals surface area contributed by atoms with Crippen molar-refractivity contribution >= 4 is 5.97 Å². The molecule has 0 heterocycles. The Kier molecular flexibility index (Phi) is 6.44. The molecule has 1 aromatic rings. The first kappa shape index (κ1) is 14.7. The standard InChI is InChI=1S/C15H23NO2/c1-12(16-2)11-14-9-7-13(8-10-14)5-3-4-6-15(17)18/h7-10,12,16H,3-6,11H2,1-2H3,(H,17,18). The lowest BCUT2D eigenvalue weighted by Crippen LogP contribution is -2.23. The van der Waals surface area contributed by atoms with Crippen molar-refractivity contribution in [3.8, 4) is 0 Å². The molecule has 3 nitrogen and oxygen atoms in total.